The quantitative estimate of drug-likeness (QED) is 0.630. The number of hydrogen-bond acceptors (Lipinski definition) is 4. The van der Waals surface area contributed by atoms with E-state index in [-0.39, 0.29) is 23.6 Å². The molecular weight excluding hydrogens is 402 g/mol. The molecule has 3 rings (SSSR count). The van der Waals surface area contributed by atoms with Gasteiger partial charge in [-0.05, 0) is 45.7 Å². The summed E-state index contributed by atoms with van der Waals surface area (Å²) in [6.45, 7) is 11.6. The number of rotatable bonds is 5. The molecule has 1 unspecified atom stereocenters. The molecule has 166 valence electrons. The molecule has 0 aliphatic rings. The molecule has 0 fully saturated rings. The molecule has 1 atom stereocenters. The fraction of sp³-hybridized carbons (Fsp3) is 0.435. The van der Waals surface area contributed by atoms with Crippen molar-refractivity contribution < 1.29 is 18.7 Å². The number of carbonyl (C=O) groups excluding carboxylic acids is 1. The van der Waals surface area contributed by atoms with Gasteiger partial charge in [0.15, 0.2) is 5.65 Å². The predicted octanol–water partition coefficient (Wildman–Crippen LogP) is 4.36. The van der Waals surface area contributed by atoms with Crippen molar-refractivity contribution in [2.75, 3.05) is 6.54 Å². The van der Waals surface area contributed by atoms with Gasteiger partial charge < -0.3 is 10.4 Å². The second-order valence-electron chi connectivity index (χ2n) is 9.01. The highest BCUT2D eigenvalue weighted by molar-refractivity contribution is 6.06. The van der Waals surface area contributed by atoms with Crippen LogP contribution in [0.4, 0.5) is 8.78 Å². The van der Waals surface area contributed by atoms with Gasteiger partial charge in [-0.1, -0.05) is 19.9 Å². The zero-order valence-corrected chi connectivity index (χ0v) is 18.6. The largest absolute Gasteiger partial charge is 0.386 e. The summed E-state index contributed by atoms with van der Waals surface area (Å²) >= 11 is 0. The maximum atomic E-state index is 13.9. The van der Waals surface area contributed by atoms with Crippen molar-refractivity contribution in [3.05, 3.63) is 58.4 Å². The molecule has 0 aliphatic heterocycles. The number of nitrogens with one attached hydrogen (secondary N) is 1. The lowest BCUT2D eigenvalue weighted by Gasteiger charge is -2.20. The summed E-state index contributed by atoms with van der Waals surface area (Å²) in [6, 6.07) is 4.66. The number of nitrogens with zero attached hydrogens (tertiary/aromatic N) is 3. The summed E-state index contributed by atoms with van der Waals surface area (Å²) in [5.41, 5.74) is 2.01. The Morgan fingerprint density at radius 1 is 1.23 bits per heavy atom. The summed E-state index contributed by atoms with van der Waals surface area (Å²) in [5, 5.41) is 18.2. The fourth-order valence-corrected chi connectivity index (χ4v) is 3.42. The van der Waals surface area contributed by atoms with E-state index in [0.717, 1.165) is 11.8 Å². The second-order valence-corrected chi connectivity index (χ2v) is 9.01. The van der Waals surface area contributed by atoms with Gasteiger partial charge in [-0.25, -0.2) is 18.4 Å². The number of carbonyl (C=O) groups is 1. The highest BCUT2D eigenvalue weighted by atomic mass is 19.1. The Morgan fingerprint density at radius 2 is 1.90 bits per heavy atom. The smallest absolute Gasteiger partial charge is 0.252 e. The lowest BCUT2D eigenvalue weighted by molar-refractivity contribution is 0.0915. The van der Waals surface area contributed by atoms with E-state index in [2.05, 4.69) is 10.4 Å². The van der Waals surface area contributed by atoms with Crippen LogP contribution in [0, 0.1) is 18.6 Å². The van der Waals surface area contributed by atoms with E-state index in [1.807, 2.05) is 46.2 Å². The molecule has 0 saturated heterocycles. The van der Waals surface area contributed by atoms with Gasteiger partial charge in [0.1, 0.15) is 11.6 Å². The minimum atomic E-state index is -1.31. The molecule has 6 nitrogen and oxygen atoms in total. The van der Waals surface area contributed by atoms with Crippen molar-refractivity contribution in [1.82, 2.24) is 20.1 Å². The maximum Gasteiger partial charge on any atom is 0.252 e. The number of aryl methyl sites for hydroxylation is 1. The van der Waals surface area contributed by atoms with Gasteiger partial charge in [0, 0.05) is 23.9 Å². The maximum absolute atomic E-state index is 13.9. The third-order valence-electron chi connectivity index (χ3n) is 5.08. The molecule has 8 heteroatoms. The number of aliphatic hydroxyl groups excluding tert-OH is 1. The molecular formula is C23H28F2N4O2. The third kappa shape index (κ3) is 4.58. The van der Waals surface area contributed by atoms with Crippen LogP contribution < -0.4 is 5.32 Å². The van der Waals surface area contributed by atoms with Crippen molar-refractivity contribution >= 4 is 16.9 Å². The van der Waals surface area contributed by atoms with Gasteiger partial charge in [-0.2, -0.15) is 5.10 Å². The highest BCUT2D eigenvalue weighted by Crippen LogP contribution is 2.29. The van der Waals surface area contributed by atoms with Crippen molar-refractivity contribution in [2.45, 2.75) is 59.1 Å². The standard InChI is InChI=1S/C23H28F2N4O2/c1-12(2)18-10-16(20-13(3)28-29(21(20)27-18)23(4,5)6)22(31)26-11-19(30)15-8-7-14(24)9-17(15)25/h7-10,12,19,30H,11H2,1-6H3,(H,26,31). The van der Waals surface area contributed by atoms with Gasteiger partial charge in [-0.15, -0.1) is 0 Å². The first-order valence-electron chi connectivity index (χ1n) is 10.2. The van der Waals surface area contributed by atoms with Crippen LogP contribution in [-0.4, -0.2) is 32.3 Å². The number of hydrogen-bond donors (Lipinski definition) is 2. The molecule has 0 aliphatic carbocycles. The van der Waals surface area contributed by atoms with E-state index in [9.17, 15) is 18.7 Å². The Hall–Kier alpha value is -2.87. The summed E-state index contributed by atoms with van der Waals surface area (Å²) < 4.78 is 28.9. The molecule has 0 radical (unpaired) electrons. The number of aromatic nitrogens is 3. The van der Waals surface area contributed by atoms with E-state index in [1.54, 1.807) is 6.07 Å². The molecule has 0 bridgehead atoms. The normalized spacial score (nSPS) is 13.1. The van der Waals surface area contributed by atoms with Crippen LogP contribution >= 0.6 is 0 Å². The van der Waals surface area contributed by atoms with Crippen LogP contribution in [0.3, 0.4) is 0 Å². The molecule has 2 aromatic heterocycles. The minimum absolute atomic E-state index is 0.0819. The fourth-order valence-electron chi connectivity index (χ4n) is 3.42. The number of benzene rings is 1. The number of pyridine rings is 1. The molecule has 0 saturated carbocycles. The molecule has 0 spiro atoms. The van der Waals surface area contributed by atoms with Crippen molar-refractivity contribution in [2.24, 2.45) is 0 Å². The first-order chi connectivity index (χ1) is 14.4. The Bertz CT molecular complexity index is 1130. The molecule has 31 heavy (non-hydrogen) atoms. The van der Waals surface area contributed by atoms with Crippen molar-refractivity contribution in [3.63, 3.8) is 0 Å². The summed E-state index contributed by atoms with van der Waals surface area (Å²) in [6.07, 6.45) is -1.31. The molecule has 1 aromatic carbocycles. The topological polar surface area (TPSA) is 80.0 Å². The van der Waals surface area contributed by atoms with E-state index >= 15 is 0 Å². The second kappa shape index (κ2) is 8.34. The van der Waals surface area contributed by atoms with E-state index in [0.29, 0.717) is 28.4 Å². The third-order valence-corrected chi connectivity index (χ3v) is 5.08. The summed E-state index contributed by atoms with van der Waals surface area (Å²) in [4.78, 5) is 17.8. The van der Waals surface area contributed by atoms with Crippen LogP contribution in [-0.2, 0) is 5.54 Å². The molecule has 3 aromatic rings. The Kier molecular flexibility index (Phi) is 6.14. The SMILES string of the molecule is Cc1nn(C(C)(C)C)c2nc(C(C)C)cc(C(=O)NCC(O)c3ccc(F)cc3F)c12. The first-order valence-corrected chi connectivity index (χ1v) is 10.2. The van der Waals surface area contributed by atoms with E-state index in [1.165, 1.54) is 6.07 Å². The molecule has 2 heterocycles. The van der Waals surface area contributed by atoms with Crippen molar-refractivity contribution in [1.29, 1.82) is 0 Å². The number of halogens is 2. The van der Waals surface area contributed by atoms with Crippen LogP contribution in [0.25, 0.3) is 11.0 Å². The molecule has 1 amide bonds. The lowest BCUT2D eigenvalue weighted by Crippen LogP contribution is -2.29. The van der Waals surface area contributed by atoms with Crippen LogP contribution in [0.2, 0.25) is 0 Å². The van der Waals surface area contributed by atoms with Gasteiger partial charge in [-0.3, -0.25) is 4.79 Å². The molecule has 2 N–H and O–H groups in total. The highest BCUT2D eigenvalue weighted by Gasteiger charge is 2.25. The van der Waals surface area contributed by atoms with Crippen molar-refractivity contribution in [3.8, 4) is 0 Å². The Balaban J connectivity index is 1.97. The monoisotopic (exact) mass is 430 g/mol. The number of amides is 1. The minimum Gasteiger partial charge on any atom is -0.386 e. The lowest BCUT2D eigenvalue weighted by atomic mass is 10.0. The Labute approximate surface area is 180 Å². The average molecular weight is 430 g/mol. The summed E-state index contributed by atoms with van der Waals surface area (Å²) in [7, 11) is 0. The van der Waals surface area contributed by atoms with E-state index in [4.69, 9.17) is 4.98 Å². The van der Waals surface area contributed by atoms with Gasteiger partial charge in [0.2, 0.25) is 0 Å². The van der Waals surface area contributed by atoms with Crippen LogP contribution in [0.15, 0.2) is 24.3 Å². The predicted molar refractivity (Wildman–Crippen MR) is 115 cm³/mol. The zero-order valence-electron chi connectivity index (χ0n) is 18.6. The average Bonchev–Trinajstić information content (AvgIpc) is 3.02. The van der Waals surface area contributed by atoms with Gasteiger partial charge in [0.05, 0.1) is 28.3 Å². The first kappa shape index (κ1) is 22.8. The van der Waals surface area contributed by atoms with Crippen LogP contribution in [0.5, 0.6) is 0 Å². The zero-order chi connectivity index (χ0) is 23.1. The number of aliphatic hydroxyl groups is 1. The van der Waals surface area contributed by atoms with Gasteiger partial charge in [0.25, 0.3) is 5.91 Å². The van der Waals surface area contributed by atoms with E-state index < -0.39 is 23.6 Å². The van der Waals surface area contributed by atoms with Gasteiger partial charge >= 0.3 is 0 Å². The Morgan fingerprint density at radius 3 is 2.48 bits per heavy atom. The summed E-state index contributed by atoms with van der Waals surface area (Å²) in [5.74, 6) is -1.94. The van der Waals surface area contributed by atoms with Crippen LogP contribution in [0.1, 0.15) is 73.9 Å². The number of fused-ring (bicyclic) bond motifs is 1.